The van der Waals surface area contributed by atoms with Gasteiger partial charge in [0, 0.05) is 49.6 Å². The first kappa shape index (κ1) is 22.9. The maximum atomic E-state index is 12.7. The summed E-state index contributed by atoms with van der Waals surface area (Å²) in [5.74, 6) is 0.0261. The van der Waals surface area contributed by atoms with E-state index in [1.807, 2.05) is 49.9 Å². The summed E-state index contributed by atoms with van der Waals surface area (Å²) in [4.78, 5) is 30.4. The van der Waals surface area contributed by atoms with E-state index in [1.165, 1.54) is 4.90 Å². The fourth-order valence-electron chi connectivity index (χ4n) is 4.45. The number of aromatic nitrogens is 2. The second-order valence-electron chi connectivity index (χ2n) is 8.18. The van der Waals surface area contributed by atoms with Crippen molar-refractivity contribution in [1.82, 2.24) is 24.3 Å². The summed E-state index contributed by atoms with van der Waals surface area (Å²) in [5, 5.41) is 21.8. The Morgan fingerprint density at radius 2 is 2.13 bits per heavy atom. The van der Waals surface area contributed by atoms with E-state index in [0.29, 0.717) is 26.1 Å². The zero-order chi connectivity index (χ0) is 22.8. The number of hydrogen-bond acceptors (Lipinski definition) is 5. The van der Waals surface area contributed by atoms with Gasteiger partial charge in [-0.2, -0.15) is 0 Å². The minimum absolute atomic E-state index is 0.0261. The van der Waals surface area contributed by atoms with Gasteiger partial charge in [0.05, 0.1) is 44.7 Å². The van der Waals surface area contributed by atoms with Gasteiger partial charge in [0.15, 0.2) is 0 Å². The smallest absolute Gasteiger partial charge is 0.407 e. The molecule has 1 aliphatic rings. The first-order chi connectivity index (χ1) is 14.7. The number of nitrogens with zero attached hydrogens (tertiary/aromatic N) is 4. The second-order valence-corrected chi connectivity index (χ2v) is 8.18. The molecule has 9 nitrogen and oxygen atoms in total. The topological polar surface area (TPSA) is 108 Å². The third kappa shape index (κ3) is 4.21. The number of fused-ring (bicyclic) bond motifs is 1. The van der Waals surface area contributed by atoms with Crippen LogP contribution in [0.15, 0.2) is 30.7 Å². The summed E-state index contributed by atoms with van der Waals surface area (Å²) in [7, 11) is 1.90. The van der Waals surface area contributed by atoms with Crippen molar-refractivity contribution >= 4 is 17.7 Å². The van der Waals surface area contributed by atoms with Gasteiger partial charge < -0.3 is 25.0 Å². The first-order valence-electron chi connectivity index (χ1n) is 10.6. The predicted molar refractivity (Wildman–Crippen MR) is 118 cm³/mol. The molecular formula is C22H32N5O4+. The lowest BCUT2D eigenvalue weighted by Crippen LogP contribution is -2.60. The van der Waals surface area contributed by atoms with E-state index in [9.17, 15) is 14.7 Å². The van der Waals surface area contributed by atoms with Gasteiger partial charge in [-0.05, 0) is 26.0 Å². The average Bonchev–Trinajstić information content (AvgIpc) is 3.20. The van der Waals surface area contributed by atoms with Gasteiger partial charge >= 0.3 is 12.0 Å². The van der Waals surface area contributed by atoms with Crippen molar-refractivity contribution in [2.75, 3.05) is 26.7 Å². The number of nitrogens with one attached hydrogen (secondary N) is 1. The molecule has 31 heavy (non-hydrogen) atoms. The number of benzene rings is 1. The van der Waals surface area contributed by atoms with Gasteiger partial charge in [-0.15, -0.1) is 0 Å². The van der Waals surface area contributed by atoms with Gasteiger partial charge in [-0.1, -0.05) is 0 Å². The largest absolute Gasteiger partial charge is 0.465 e. The van der Waals surface area contributed by atoms with Crippen LogP contribution in [0.5, 0.6) is 0 Å². The van der Waals surface area contributed by atoms with Crippen molar-refractivity contribution < 1.29 is 19.8 Å². The molecule has 0 saturated carbocycles. The van der Waals surface area contributed by atoms with Gasteiger partial charge in [-0.3, -0.25) is 0 Å². The first-order valence-corrected chi connectivity index (χ1v) is 10.6. The number of carbonyl (C=O) groups is 2. The molecule has 2 aromatic rings. The van der Waals surface area contributed by atoms with E-state index in [4.69, 9.17) is 5.11 Å². The number of carboxylic acid groups (broad SMARTS) is 1. The molecule has 3 atom stereocenters. The molecule has 0 spiro atoms. The Bertz CT molecular complexity index is 959. The number of imidazole rings is 1. The minimum atomic E-state index is -0.963. The zero-order valence-corrected chi connectivity index (χ0v) is 18.6. The Kier molecular flexibility index (Phi) is 6.78. The molecule has 0 saturated heterocycles. The van der Waals surface area contributed by atoms with Gasteiger partial charge in [0.2, 0.25) is 0 Å². The van der Waals surface area contributed by atoms with Crippen molar-refractivity contribution in [3.05, 3.63) is 42.0 Å². The maximum Gasteiger partial charge on any atom is 0.407 e. The molecule has 3 N–H and O–H groups in total. The Morgan fingerprint density at radius 1 is 1.39 bits per heavy atom. The van der Waals surface area contributed by atoms with Crippen LogP contribution in [0.3, 0.4) is 0 Å². The van der Waals surface area contributed by atoms with Crippen LogP contribution in [-0.4, -0.2) is 69.5 Å². The van der Waals surface area contributed by atoms with Crippen molar-refractivity contribution in [3.8, 4) is 5.69 Å². The van der Waals surface area contributed by atoms with E-state index in [0.717, 1.165) is 22.6 Å². The highest BCUT2D eigenvalue weighted by atomic mass is 16.4. The predicted octanol–water partition coefficient (Wildman–Crippen LogP) is 2.27. The van der Waals surface area contributed by atoms with E-state index >= 15 is 0 Å². The molecule has 1 unspecified atom stereocenters. The van der Waals surface area contributed by atoms with Crippen molar-refractivity contribution in [3.63, 3.8) is 0 Å². The van der Waals surface area contributed by atoms with Crippen LogP contribution in [0, 0.1) is 0 Å². The highest BCUT2D eigenvalue weighted by Crippen LogP contribution is 2.44. The van der Waals surface area contributed by atoms with Crippen LogP contribution in [0.1, 0.15) is 44.5 Å². The number of carbonyl (C=O) groups excluding carboxylic acids is 1. The zero-order valence-electron chi connectivity index (χ0n) is 18.6. The Balaban J connectivity index is 2.06. The van der Waals surface area contributed by atoms with Crippen LogP contribution in [0.25, 0.3) is 5.69 Å². The van der Waals surface area contributed by atoms with E-state index in [2.05, 4.69) is 10.3 Å². The highest BCUT2D eigenvalue weighted by molar-refractivity contribution is 5.88. The van der Waals surface area contributed by atoms with Gasteiger partial charge in [0.25, 0.3) is 0 Å². The molecule has 0 aliphatic carbocycles. The number of amides is 2. The van der Waals surface area contributed by atoms with E-state index in [-0.39, 0.29) is 29.1 Å². The van der Waals surface area contributed by atoms with Crippen LogP contribution in [0.2, 0.25) is 0 Å². The second kappa shape index (κ2) is 9.17. The maximum absolute atomic E-state index is 12.7. The highest BCUT2D eigenvalue weighted by Gasteiger charge is 2.47. The standard InChI is InChI=1S/C22H31N5O4/c1-5-26(22(30)31)20-10-15(2)27(4,16(3)29)21-7-6-18(11-19(20)21)25-13-17(24-14-25)12-23-8-9-28/h6-7,11,13-15,20,23,28H,5,8-10,12H2,1-4H3/p+1/t15-,20?,27+/m0/s1. The number of aliphatic hydroxyl groups excluding tert-OH is 1. The van der Waals surface area contributed by atoms with Gasteiger partial charge in [0.1, 0.15) is 5.69 Å². The summed E-state index contributed by atoms with van der Waals surface area (Å²) < 4.78 is 2.03. The molecule has 0 radical (unpaired) electrons. The minimum Gasteiger partial charge on any atom is -0.465 e. The van der Waals surface area contributed by atoms with Crippen molar-refractivity contribution in [2.24, 2.45) is 0 Å². The Morgan fingerprint density at radius 3 is 2.74 bits per heavy atom. The fourth-order valence-corrected chi connectivity index (χ4v) is 4.45. The molecule has 168 valence electrons. The lowest BCUT2D eigenvalue weighted by molar-refractivity contribution is -0.129. The van der Waals surface area contributed by atoms with Gasteiger partial charge in [-0.25, -0.2) is 19.1 Å². The molecule has 2 amide bonds. The summed E-state index contributed by atoms with van der Waals surface area (Å²) in [6.45, 7) is 6.89. The lowest BCUT2D eigenvalue weighted by Gasteiger charge is -2.45. The van der Waals surface area contributed by atoms with Crippen LogP contribution >= 0.6 is 0 Å². The number of aliphatic hydroxyl groups is 1. The molecule has 2 heterocycles. The molecule has 3 rings (SSSR count). The molecule has 0 bridgehead atoms. The summed E-state index contributed by atoms with van der Waals surface area (Å²) in [5.41, 5.74) is 3.38. The molecule has 1 aliphatic heterocycles. The quantitative estimate of drug-likeness (QED) is 0.459. The molecule has 0 fully saturated rings. The van der Waals surface area contributed by atoms with Crippen LogP contribution < -0.4 is 9.80 Å². The molecule has 1 aromatic heterocycles. The molecule has 9 heteroatoms. The number of quaternary nitrogens is 1. The molecular weight excluding hydrogens is 398 g/mol. The van der Waals surface area contributed by atoms with E-state index in [1.54, 1.807) is 13.3 Å². The monoisotopic (exact) mass is 430 g/mol. The fraction of sp³-hybridized carbons (Fsp3) is 0.500. The van der Waals surface area contributed by atoms with E-state index < -0.39 is 6.09 Å². The van der Waals surface area contributed by atoms with Crippen LogP contribution in [-0.2, 0) is 11.3 Å². The lowest BCUT2D eigenvalue weighted by atomic mass is 9.88. The Labute approximate surface area is 182 Å². The number of hydrogen-bond donors (Lipinski definition) is 3. The SMILES string of the molecule is CCN(C(=O)O)C1C[C@H](C)[N@+](C)(C(C)=O)c2ccc(-n3cnc(CNCCO)c3)cc21. The molecule has 1 aromatic carbocycles. The summed E-state index contributed by atoms with van der Waals surface area (Å²) in [6.07, 6.45) is 3.22. The van der Waals surface area contributed by atoms with Crippen molar-refractivity contribution in [1.29, 1.82) is 0 Å². The normalized spacial score (nSPS) is 22.7. The third-order valence-corrected chi connectivity index (χ3v) is 6.46. The Hall–Kier alpha value is -2.75. The summed E-state index contributed by atoms with van der Waals surface area (Å²) >= 11 is 0. The number of rotatable bonds is 7. The van der Waals surface area contributed by atoms with Crippen LogP contribution in [0.4, 0.5) is 10.5 Å². The average molecular weight is 431 g/mol. The van der Waals surface area contributed by atoms with Crippen molar-refractivity contribution in [2.45, 2.75) is 45.8 Å². The summed E-state index contributed by atoms with van der Waals surface area (Å²) in [6, 6.07) is 5.48. The third-order valence-electron chi connectivity index (χ3n) is 6.46.